The van der Waals surface area contributed by atoms with E-state index in [9.17, 15) is 18.0 Å². The summed E-state index contributed by atoms with van der Waals surface area (Å²) in [5, 5.41) is 0. The maximum Gasteiger partial charge on any atom is 0.243 e. The molecule has 1 aromatic carbocycles. The van der Waals surface area contributed by atoms with E-state index in [0.717, 1.165) is 9.99 Å². The fourth-order valence-corrected chi connectivity index (χ4v) is 3.14. The molecule has 0 fully saturated rings. The number of hydrogen-bond acceptors (Lipinski definition) is 4. The van der Waals surface area contributed by atoms with E-state index in [0.29, 0.717) is 11.8 Å². The highest BCUT2D eigenvalue weighted by molar-refractivity contribution is 7.89. The van der Waals surface area contributed by atoms with Gasteiger partial charge >= 0.3 is 0 Å². The normalized spacial score (nSPS) is 14.9. The van der Waals surface area contributed by atoms with Crippen LogP contribution < -0.4 is 4.90 Å². The Morgan fingerprint density at radius 2 is 2.11 bits per heavy atom. The van der Waals surface area contributed by atoms with Crippen LogP contribution in [-0.2, 0) is 26.0 Å². The molecule has 7 heteroatoms. The molecule has 0 bridgehead atoms. The lowest BCUT2D eigenvalue weighted by atomic mass is 10.2. The van der Waals surface area contributed by atoms with Gasteiger partial charge in [0.1, 0.15) is 6.29 Å². The Morgan fingerprint density at radius 1 is 1.42 bits per heavy atom. The molecule has 2 rings (SSSR count). The lowest BCUT2D eigenvalue weighted by Crippen LogP contribution is -2.28. The van der Waals surface area contributed by atoms with Gasteiger partial charge in [-0.05, 0) is 23.8 Å². The van der Waals surface area contributed by atoms with Gasteiger partial charge in [-0.2, -0.15) is 4.31 Å². The van der Waals surface area contributed by atoms with E-state index in [-0.39, 0.29) is 23.8 Å². The number of hydrogen-bond donors (Lipinski definition) is 0. The van der Waals surface area contributed by atoms with Crippen molar-refractivity contribution in [1.82, 2.24) is 4.31 Å². The van der Waals surface area contributed by atoms with Crippen molar-refractivity contribution < 1.29 is 18.0 Å². The molecule has 0 radical (unpaired) electrons. The number of amides is 1. The van der Waals surface area contributed by atoms with Gasteiger partial charge in [0, 0.05) is 19.8 Å². The number of rotatable bonds is 4. The Morgan fingerprint density at radius 3 is 2.74 bits per heavy atom. The average molecular weight is 282 g/mol. The van der Waals surface area contributed by atoms with E-state index < -0.39 is 10.0 Å². The van der Waals surface area contributed by atoms with Crippen LogP contribution in [-0.4, -0.2) is 45.6 Å². The van der Waals surface area contributed by atoms with Crippen LogP contribution in [0, 0.1) is 0 Å². The maximum absolute atomic E-state index is 12.2. The standard InChI is InChI=1S/C12H14N2O4S/c1-13(5-6-15)19(17,18)10-3-4-11-9(7-10)8-12(16)14(11)2/h3-4,6-7H,5,8H2,1-2H3. The highest BCUT2D eigenvalue weighted by Gasteiger charge is 2.27. The first kappa shape index (κ1) is 13.7. The molecule has 0 aromatic heterocycles. The Labute approximate surface area is 111 Å². The van der Waals surface area contributed by atoms with Gasteiger partial charge in [-0.25, -0.2) is 8.42 Å². The lowest BCUT2D eigenvalue weighted by Gasteiger charge is -2.15. The van der Waals surface area contributed by atoms with Crippen molar-refractivity contribution in [3.8, 4) is 0 Å². The van der Waals surface area contributed by atoms with E-state index in [1.807, 2.05) is 0 Å². The molecule has 1 aromatic rings. The van der Waals surface area contributed by atoms with Crippen molar-refractivity contribution in [3.63, 3.8) is 0 Å². The van der Waals surface area contributed by atoms with Gasteiger partial charge in [-0.3, -0.25) is 4.79 Å². The van der Waals surface area contributed by atoms with Gasteiger partial charge in [0.25, 0.3) is 0 Å². The molecule has 1 aliphatic rings. The lowest BCUT2D eigenvalue weighted by molar-refractivity contribution is -0.117. The van der Waals surface area contributed by atoms with Crippen LogP contribution in [0.1, 0.15) is 5.56 Å². The van der Waals surface area contributed by atoms with Crippen molar-refractivity contribution >= 4 is 27.9 Å². The minimum absolute atomic E-state index is 0.0641. The van der Waals surface area contributed by atoms with Crippen LogP contribution in [0.5, 0.6) is 0 Å². The molecular weight excluding hydrogens is 268 g/mol. The van der Waals surface area contributed by atoms with E-state index in [4.69, 9.17) is 0 Å². The Hall–Kier alpha value is -1.73. The van der Waals surface area contributed by atoms with Crippen molar-refractivity contribution in [3.05, 3.63) is 23.8 Å². The average Bonchev–Trinajstić information content (AvgIpc) is 2.65. The summed E-state index contributed by atoms with van der Waals surface area (Å²) in [6.07, 6.45) is 0.731. The smallest absolute Gasteiger partial charge is 0.243 e. The predicted molar refractivity (Wildman–Crippen MR) is 69.4 cm³/mol. The summed E-state index contributed by atoms with van der Waals surface area (Å²) >= 11 is 0. The second-order valence-electron chi connectivity index (χ2n) is 4.37. The zero-order valence-corrected chi connectivity index (χ0v) is 11.5. The summed E-state index contributed by atoms with van der Waals surface area (Å²) in [5.74, 6) is -0.0641. The second-order valence-corrected chi connectivity index (χ2v) is 6.42. The van der Waals surface area contributed by atoms with Crippen LogP contribution in [0.25, 0.3) is 0 Å². The molecule has 0 unspecified atom stereocenters. The van der Waals surface area contributed by atoms with Crippen LogP contribution in [0.15, 0.2) is 23.1 Å². The third-order valence-electron chi connectivity index (χ3n) is 3.17. The summed E-state index contributed by atoms with van der Waals surface area (Å²) < 4.78 is 25.3. The summed E-state index contributed by atoms with van der Waals surface area (Å²) in [7, 11) is -0.690. The number of aldehydes is 1. The molecular formula is C12H14N2O4S. The fourth-order valence-electron chi connectivity index (χ4n) is 1.99. The Balaban J connectivity index is 2.42. The van der Waals surface area contributed by atoms with Crippen LogP contribution in [0.2, 0.25) is 0 Å². The summed E-state index contributed by atoms with van der Waals surface area (Å²) in [6, 6.07) is 4.56. The fraction of sp³-hybridized carbons (Fsp3) is 0.333. The minimum atomic E-state index is -3.69. The van der Waals surface area contributed by atoms with Crippen LogP contribution in [0.3, 0.4) is 0 Å². The largest absolute Gasteiger partial charge is 0.315 e. The number of carbonyl (C=O) groups is 2. The van der Waals surface area contributed by atoms with Gasteiger partial charge in [0.2, 0.25) is 15.9 Å². The van der Waals surface area contributed by atoms with E-state index in [1.54, 1.807) is 13.1 Å². The zero-order chi connectivity index (χ0) is 14.2. The van der Waals surface area contributed by atoms with Crippen LogP contribution >= 0.6 is 0 Å². The van der Waals surface area contributed by atoms with Crippen molar-refractivity contribution in [2.45, 2.75) is 11.3 Å². The van der Waals surface area contributed by atoms with Gasteiger partial charge in [0.05, 0.1) is 17.9 Å². The number of carbonyl (C=O) groups excluding carboxylic acids is 2. The number of fused-ring (bicyclic) bond motifs is 1. The molecule has 0 spiro atoms. The number of anilines is 1. The highest BCUT2D eigenvalue weighted by atomic mass is 32.2. The molecule has 0 saturated carbocycles. The molecule has 0 aliphatic carbocycles. The second kappa shape index (κ2) is 4.75. The molecule has 1 amide bonds. The van der Waals surface area contributed by atoms with Crippen molar-refractivity contribution in [1.29, 1.82) is 0 Å². The first-order valence-corrected chi connectivity index (χ1v) is 7.11. The van der Waals surface area contributed by atoms with Gasteiger partial charge in [-0.1, -0.05) is 0 Å². The van der Waals surface area contributed by atoms with Gasteiger partial charge in [-0.15, -0.1) is 0 Å². The third-order valence-corrected chi connectivity index (χ3v) is 4.99. The van der Waals surface area contributed by atoms with Crippen molar-refractivity contribution in [2.24, 2.45) is 0 Å². The minimum Gasteiger partial charge on any atom is -0.315 e. The van der Waals surface area contributed by atoms with Crippen molar-refractivity contribution in [2.75, 3.05) is 25.5 Å². The molecule has 1 aliphatic heterocycles. The summed E-state index contributed by atoms with van der Waals surface area (Å²) in [5.41, 5.74) is 1.41. The van der Waals surface area contributed by atoms with Crippen LogP contribution in [0.4, 0.5) is 5.69 Å². The summed E-state index contributed by atoms with van der Waals surface area (Å²) in [4.78, 5) is 23.6. The molecule has 6 nitrogen and oxygen atoms in total. The molecule has 1 heterocycles. The monoisotopic (exact) mass is 282 g/mol. The molecule has 102 valence electrons. The maximum atomic E-state index is 12.2. The number of likely N-dealkylation sites (N-methyl/N-ethyl adjacent to an activating group) is 2. The predicted octanol–water partition coefficient (Wildman–Crippen LogP) is 0.0249. The number of nitrogens with zero attached hydrogens (tertiary/aromatic N) is 2. The Bertz CT molecular complexity index is 639. The van der Waals surface area contributed by atoms with E-state index >= 15 is 0 Å². The van der Waals surface area contributed by atoms with E-state index in [1.165, 1.54) is 24.1 Å². The SMILES string of the molecule is CN1C(=O)Cc2cc(S(=O)(=O)N(C)CC=O)ccc21. The number of sulfonamides is 1. The quantitative estimate of drug-likeness (QED) is 0.730. The molecule has 0 saturated heterocycles. The number of benzene rings is 1. The zero-order valence-electron chi connectivity index (χ0n) is 10.7. The molecule has 0 atom stereocenters. The van der Waals surface area contributed by atoms with Gasteiger partial charge in [0.15, 0.2) is 0 Å². The van der Waals surface area contributed by atoms with E-state index in [2.05, 4.69) is 0 Å². The summed E-state index contributed by atoms with van der Waals surface area (Å²) in [6.45, 7) is -0.196. The molecule has 19 heavy (non-hydrogen) atoms. The first-order valence-electron chi connectivity index (χ1n) is 5.67. The first-order chi connectivity index (χ1) is 8.87. The third kappa shape index (κ3) is 2.26. The highest BCUT2D eigenvalue weighted by Crippen LogP contribution is 2.30. The van der Waals surface area contributed by atoms with Gasteiger partial charge < -0.3 is 9.69 Å². The molecule has 0 N–H and O–H groups in total. The Kier molecular flexibility index (Phi) is 3.42. The topological polar surface area (TPSA) is 74.8 Å².